The van der Waals surface area contributed by atoms with Crippen LogP contribution in [0.5, 0.6) is 0 Å². The van der Waals surface area contributed by atoms with Crippen molar-refractivity contribution < 1.29 is 0 Å². The van der Waals surface area contributed by atoms with E-state index in [0.717, 1.165) is 0 Å². The Morgan fingerprint density at radius 2 is 1.74 bits per heavy atom. The Morgan fingerprint density at radius 1 is 1.00 bits per heavy atom. The Balaban J connectivity index is 1.98. The summed E-state index contributed by atoms with van der Waals surface area (Å²) >= 11 is 0. The Bertz CT molecular complexity index is 675. The van der Waals surface area contributed by atoms with Crippen molar-refractivity contribution in [2.24, 2.45) is 4.99 Å². The van der Waals surface area contributed by atoms with Crippen LogP contribution in [0.3, 0.4) is 0 Å². The Hall–Kier alpha value is -1.63. The fraction of sp³-hybridized carbons (Fsp3) is 0.500. The summed E-state index contributed by atoms with van der Waals surface area (Å²) in [5, 5.41) is 0. The minimum Gasteiger partial charge on any atom is -0.289 e. The zero-order chi connectivity index (χ0) is 16.4. The third-order valence-electron chi connectivity index (χ3n) is 5.25. The normalized spacial score (nSPS) is 16.7. The van der Waals surface area contributed by atoms with Crippen molar-refractivity contribution in [1.29, 1.82) is 0 Å². The average molecular weight is 307 g/mol. The van der Waals surface area contributed by atoms with Gasteiger partial charge in [0.25, 0.3) is 0 Å². The summed E-state index contributed by atoms with van der Waals surface area (Å²) < 4.78 is 0. The van der Waals surface area contributed by atoms with Gasteiger partial charge in [0.05, 0.1) is 0 Å². The van der Waals surface area contributed by atoms with E-state index in [2.05, 4.69) is 58.2 Å². The van der Waals surface area contributed by atoms with E-state index in [-0.39, 0.29) is 0 Å². The first-order valence-electron chi connectivity index (χ1n) is 9.13. The summed E-state index contributed by atoms with van der Waals surface area (Å²) in [5.41, 5.74) is 8.20. The van der Waals surface area contributed by atoms with Gasteiger partial charge < -0.3 is 0 Å². The van der Waals surface area contributed by atoms with Crippen LogP contribution >= 0.6 is 0 Å². The molecule has 0 aromatic heterocycles. The SMILES string of the molecule is Cc1cc(C=NC2CCCCC2)c2c(C)ccc(C(C)C)cc1-2. The molecule has 1 saturated carbocycles. The van der Waals surface area contributed by atoms with Crippen molar-refractivity contribution in [3.05, 3.63) is 46.5 Å². The van der Waals surface area contributed by atoms with Gasteiger partial charge in [-0.25, -0.2) is 0 Å². The van der Waals surface area contributed by atoms with Crippen LogP contribution in [0.25, 0.3) is 11.1 Å². The largest absolute Gasteiger partial charge is 0.289 e. The van der Waals surface area contributed by atoms with Crippen molar-refractivity contribution in [3.8, 4) is 11.1 Å². The first kappa shape index (κ1) is 16.2. The molecular formula is C22H29N. The van der Waals surface area contributed by atoms with E-state index in [1.807, 2.05) is 0 Å². The van der Waals surface area contributed by atoms with E-state index >= 15 is 0 Å². The number of aliphatic imine (C=N–C) groups is 1. The summed E-state index contributed by atoms with van der Waals surface area (Å²) in [6.07, 6.45) is 8.74. The smallest absolute Gasteiger partial charge is 0.0499 e. The Morgan fingerprint density at radius 3 is 2.43 bits per heavy atom. The predicted octanol–water partition coefficient (Wildman–Crippen LogP) is 6.28. The number of hydrogen-bond donors (Lipinski definition) is 0. The zero-order valence-electron chi connectivity index (χ0n) is 15.0. The molecule has 23 heavy (non-hydrogen) atoms. The maximum Gasteiger partial charge on any atom is 0.0499 e. The molecule has 3 aliphatic carbocycles. The molecule has 3 aliphatic rings. The number of fused-ring (bicyclic) bond motifs is 1. The summed E-state index contributed by atoms with van der Waals surface area (Å²) in [5.74, 6) is 0.554. The van der Waals surface area contributed by atoms with Crippen molar-refractivity contribution in [2.45, 2.75) is 71.8 Å². The quantitative estimate of drug-likeness (QED) is 0.591. The van der Waals surface area contributed by atoms with Crippen molar-refractivity contribution >= 4 is 6.21 Å². The first-order valence-corrected chi connectivity index (χ1v) is 9.13. The predicted molar refractivity (Wildman–Crippen MR) is 101 cm³/mol. The number of aryl methyl sites for hydroxylation is 2. The van der Waals surface area contributed by atoms with Crippen LogP contribution in [0.4, 0.5) is 0 Å². The molecule has 122 valence electrons. The van der Waals surface area contributed by atoms with Crippen LogP contribution in [0.2, 0.25) is 0 Å². The first-order chi connectivity index (χ1) is 11.1. The Labute approximate surface area is 141 Å². The minimum absolute atomic E-state index is 0.540. The maximum atomic E-state index is 4.91. The van der Waals surface area contributed by atoms with Gasteiger partial charge in [0, 0.05) is 17.8 Å². The molecule has 0 aromatic carbocycles. The molecule has 3 rings (SSSR count). The molecule has 1 nitrogen and oxygen atoms in total. The maximum absolute atomic E-state index is 4.91. The highest BCUT2D eigenvalue weighted by atomic mass is 14.8. The van der Waals surface area contributed by atoms with Crippen LogP contribution < -0.4 is 0 Å². The summed E-state index contributed by atoms with van der Waals surface area (Å²) in [4.78, 5) is 4.91. The lowest BCUT2D eigenvalue weighted by atomic mass is 9.96. The topological polar surface area (TPSA) is 12.4 Å². The van der Waals surface area contributed by atoms with Crippen molar-refractivity contribution in [3.63, 3.8) is 0 Å². The van der Waals surface area contributed by atoms with Crippen LogP contribution in [0.1, 0.15) is 74.1 Å². The second-order valence-electron chi connectivity index (χ2n) is 7.46. The van der Waals surface area contributed by atoms with Crippen LogP contribution in [0.15, 0.2) is 29.3 Å². The van der Waals surface area contributed by atoms with E-state index in [0.29, 0.717) is 12.0 Å². The lowest BCUT2D eigenvalue weighted by molar-refractivity contribution is 0.444. The molecule has 0 spiro atoms. The third-order valence-corrected chi connectivity index (χ3v) is 5.25. The van der Waals surface area contributed by atoms with E-state index < -0.39 is 0 Å². The monoisotopic (exact) mass is 307 g/mol. The fourth-order valence-corrected chi connectivity index (χ4v) is 3.76. The summed E-state index contributed by atoms with van der Waals surface area (Å²) in [7, 11) is 0. The van der Waals surface area contributed by atoms with E-state index in [4.69, 9.17) is 4.99 Å². The van der Waals surface area contributed by atoms with Crippen molar-refractivity contribution in [2.75, 3.05) is 0 Å². The number of hydrogen-bond acceptors (Lipinski definition) is 1. The molecule has 0 heterocycles. The molecule has 0 N–H and O–H groups in total. The van der Waals surface area contributed by atoms with Crippen LogP contribution in [-0.4, -0.2) is 12.3 Å². The second-order valence-corrected chi connectivity index (χ2v) is 7.46. The molecule has 0 amide bonds. The summed E-state index contributed by atoms with van der Waals surface area (Å²) in [6.45, 7) is 8.98. The van der Waals surface area contributed by atoms with Gasteiger partial charge in [-0.1, -0.05) is 51.3 Å². The average Bonchev–Trinajstić information content (AvgIpc) is 2.73. The van der Waals surface area contributed by atoms with Gasteiger partial charge in [0.2, 0.25) is 0 Å². The molecule has 1 heteroatoms. The Kier molecular flexibility index (Phi) is 4.84. The fourth-order valence-electron chi connectivity index (χ4n) is 3.76. The van der Waals surface area contributed by atoms with Gasteiger partial charge in [-0.3, -0.25) is 4.99 Å². The second kappa shape index (κ2) is 6.86. The van der Waals surface area contributed by atoms with Gasteiger partial charge in [0.15, 0.2) is 0 Å². The minimum atomic E-state index is 0.540. The highest BCUT2D eigenvalue weighted by Gasteiger charge is 2.16. The van der Waals surface area contributed by atoms with Crippen molar-refractivity contribution in [1.82, 2.24) is 0 Å². The zero-order valence-corrected chi connectivity index (χ0v) is 15.0. The summed E-state index contributed by atoms with van der Waals surface area (Å²) in [6, 6.07) is 9.78. The van der Waals surface area contributed by atoms with Gasteiger partial charge in [-0.15, -0.1) is 0 Å². The molecule has 0 unspecified atom stereocenters. The molecule has 0 bridgehead atoms. The van der Waals surface area contributed by atoms with Crippen LogP contribution in [-0.2, 0) is 0 Å². The number of nitrogens with zero attached hydrogens (tertiary/aromatic N) is 1. The number of rotatable bonds is 3. The van der Waals surface area contributed by atoms with E-state index in [9.17, 15) is 0 Å². The van der Waals surface area contributed by atoms with Gasteiger partial charge in [-0.05, 0) is 66.5 Å². The molecule has 0 radical (unpaired) electrons. The molecule has 0 saturated heterocycles. The molecule has 0 atom stereocenters. The van der Waals surface area contributed by atoms with E-state index in [1.54, 1.807) is 0 Å². The third kappa shape index (κ3) is 3.49. The molecule has 1 fully saturated rings. The highest BCUT2D eigenvalue weighted by molar-refractivity contribution is 5.95. The molecule has 0 aromatic rings. The standard InChI is InChI=1S/C22H29N/c1-15(2)18-11-10-16(3)22-19(12-17(4)21(22)13-18)14-23-20-8-6-5-7-9-20/h10-15,20H,5-9H2,1-4H3. The lowest BCUT2D eigenvalue weighted by Crippen LogP contribution is -2.09. The molecular weight excluding hydrogens is 278 g/mol. The van der Waals surface area contributed by atoms with Crippen LogP contribution in [0, 0.1) is 13.8 Å². The van der Waals surface area contributed by atoms with Gasteiger partial charge in [-0.2, -0.15) is 0 Å². The molecule has 0 aliphatic heterocycles. The van der Waals surface area contributed by atoms with Gasteiger partial charge >= 0.3 is 0 Å². The van der Waals surface area contributed by atoms with E-state index in [1.165, 1.54) is 65.5 Å². The van der Waals surface area contributed by atoms with Gasteiger partial charge in [0.1, 0.15) is 0 Å². The lowest BCUT2D eigenvalue weighted by Gasteiger charge is -2.17. The highest BCUT2D eigenvalue weighted by Crippen LogP contribution is 2.35.